The number of aromatic nitrogens is 2. The van der Waals surface area contributed by atoms with E-state index in [2.05, 4.69) is 22.1 Å². The number of hydrogen-bond donors (Lipinski definition) is 0. The van der Waals surface area contributed by atoms with Gasteiger partial charge in [-0.05, 0) is 61.3 Å². The second kappa shape index (κ2) is 11.5. The first kappa shape index (κ1) is 24.9. The van der Waals surface area contributed by atoms with Crippen LogP contribution in [0.1, 0.15) is 58.5 Å². The highest BCUT2D eigenvalue weighted by Crippen LogP contribution is 2.39. The Balaban J connectivity index is 1.36. The van der Waals surface area contributed by atoms with E-state index < -0.39 is 0 Å². The molecule has 0 aliphatic carbocycles. The molecule has 1 fully saturated rings. The Bertz CT molecular complexity index is 1190. The van der Waals surface area contributed by atoms with E-state index in [0.717, 1.165) is 49.8 Å². The first-order valence-electron chi connectivity index (χ1n) is 13.2. The summed E-state index contributed by atoms with van der Waals surface area (Å²) in [7, 11) is 0. The first-order chi connectivity index (χ1) is 18.1. The molecule has 1 saturated heterocycles. The molecule has 0 atom stereocenters. The highest BCUT2D eigenvalue weighted by atomic mass is 16.5. The summed E-state index contributed by atoms with van der Waals surface area (Å²) in [6.07, 6.45) is 10.5. The fraction of sp³-hybridized carbons (Fsp3) is 0.400. The van der Waals surface area contributed by atoms with E-state index in [-0.39, 0.29) is 17.2 Å². The van der Waals surface area contributed by atoms with Gasteiger partial charge in [0.05, 0.1) is 12.7 Å². The monoisotopic (exact) mass is 498 g/mol. The summed E-state index contributed by atoms with van der Waals surface area (Å²) in [6, 6.07) is 17.7. The summed E-state index contributed by atoms with van der Waals surface area (Å²) in [5.74, 6) is 0.864. The molecule has 0 radical (unpaired) electrons. The fourth-order valence-electron chi connectivity index (χ4n) is 5.60. The van der Waals surface area contributed by atoms with Gasteiger partial charge < -0.3 is 14.5 Å². The van der Waals surface area contributed by atoms with Crippen LogP contribution in [-0.2, 0) is 6.42 Å². The molecule has 2 aliphatic heterocycles. The van der Waals surface area contributed by atoms with E-state index in [0.29, 0.717) is 38.5 Å². The largest absolute Gasteiger partial charge is 0.491 e. The number of para-hydroxylation sites is 1. The van der Waals surface area contributed by atoms with Crippen molar-refractivity contribution >= 4 is 11.8 Å². The van der Waals surface area contributed by atoms with E-state index >= 15 is 0 Å². The Morgan fingerprint density at radius 1 is 0.811 bits per heavy atom. The third-order valence-electron chi connectivity index (χ3n) is 7.72. The van der Waals surface area contributed by atoms with Gasteiger partial charge in [-0.15, -0.1) is 0 Å². The molecule has 3 aromatic rings. The van der Waals surface area contributed by atoms with Crippen molar-refractivity contribution in [2.75, 3.05) is 32.8 Å². The van der Waals surface area contributed by atoms with Gasteiger partial charge in [-0.25, -0.2) is 4.98 Å². The van der Waals surface area contributed by atoms with E-state index in [4.69, 9.17) is 4.74 Å². The number of ether oxygens (including phenoxy) is 1. The Kier molecular flexibility index (Phi) is 7.78. The molecule has 0 saturated carbocycles. The summed E-state index contributed by atoms with van der Waals surface area (Å²) in [5.41, 5.74) is 2.24. The van der Waals surface area contributed by atoms with Crippen LogP contribution in [0.4, 0.5) is 0 Å². The number of carbonyl (C=O) groups is 2. The lowest BCUT2D eigenvalue weighted by Crippen LogP contribution is -2.50. The van der Waals surface area contributed by atoms with Gasteiger partial charge in [0.15, 0.2) is 0 Å². The van der Waals surface area contributed by atoms with Crippen LogP contribution in [-0.4, -0.2) is 64.4 Å². The van der Waals surface area contributed by atoms with E-state index in [1.807, 2.05) is 52.3 Å². The molecule has 2 aromatic carbocycles. The SMILES string of the molecule is O=C(c1ccccc1)N1CCC2(CCCCc3ccccc3OCCN(C(=O)c3cnccn3)C2)CC1. The van der Waals surface area contributed by atoms with Crippen molar-refractivity contribution in [2.45, 2.75) is 38.5 Å². The molecule has 5 rings (SSSR count). The number of carbonyl (C=O) groups excluding carboxylic acids is 2. The first-order valence-corrected chi connectivity index (χ1v) is 13.2. The van der Waals surface area contributed by atoms with E-state index in [9.17, 15) is 9.59 Å². The van der Waals surface area contributed by atoms with Crippen LogP contribution in [0.2, 0.25) is 0 Å². The predicted octanol–water partition coefficient (Wildman–Crippen LogP) is 4.65. The van der Waals surface area contributed by atoms with Gasteiger partial charge in [0.1, 0.15) is 18.1 Å². The van der Waals surface area contributed by atoms with Gasteiger partial charge in [0.2, 0.25) is 0 Å². The number of rotatable bonds is 2. The average Bonchev–Trinajstić information content (AvgIpc) is 2.95. The van der Waals surface area contributed by atoms with Crippen LogP contribution < -0.4 is 4.74 Å². The van der Waals surface area contributed by atoms with Crippen molar-refractivity contribution in [2.24, 2.45) is 5.41 Å². The second-order valence-corrected chi connectivity index (χ2v) is 10.1. The van der Waals surface area contributed by atoms with E-state index in [1.54, 1.807) is 12.4 Å². The standard InChI is InChI=1S/C30H34N4O3/c35-28(25-10-2-1-3-11-25)33-18-14-30(15-19-33)13-7-6-9-24-8-4-5-12-27(24)37-21-20-34(23-30)29(36)26-22-31-16-17-32-26/h1-5,8,10-12,16-17,22H,6-7,9,13-15,18-21,23H2. The maximum absolute atomic E-state index is 13.5. The van der Waals surface area contributed by atoms with Crippen LogP contribution in [0.3, 0.4) is 0 Å². The van der Waals surface area contributed by atoms with Crippen LogP contribution in [0.5, 0.6) is 5.75 Å². The summed E-state index contributed by atoms with van der Waals surface area (Å²) in [4.78, 5) is 38.9. The second-order valence-electron chi connectivity index (χ2n) is 10.1. The van der Waals surface area contributed by atoms with Gasteiger partial charge in [0.25, 0.3) is 11.8 Å². The van der Waals surface area contributed by atoms with Crippen molar-refractivity contribution in [3.05, 3.63) is 90.0 Å². The molecule has 192 valence electrons. The number of nitrogens with zero attached hydrogens (tertiary/aromatic N) is 4. The van der Waals surface area contributed by atoms with Crippen molar-refractivity contribution in [3.63, 3.8) is 0 Å². The van der Waals surface area contributed by atoms with E-state index in [1.165, 1.54) is 11.8 Å². The minimum Gasteiger partial charge on any atom is -0.491 e. The quantitative estimate of drug-likeness (QED) is 0.514. The minimum absolute atomic E-state index is 0.0515. The number of amides is 2. The number of fused-ring (bicyclic) bond motifs is 1. The normalized spacial score (nSPS) is 18.2. The summed E-state index contributed by atoms with van der Waals surface area (Å²) in [6.45, 7) is 2.90. The zero-order valence-electron chi connectivity index (χ0n) is 21.2. The predicted molar refractivity (Wildman–Crippen MR) is 141 cm³/mol. The zero-order valence-corrected chi connectivity index (χ0v) is 21.2. The van der Waals surface area contributed by atoms with Crippen LogP contribution >= 0.6 is 0 Å². The molecule has 0 bridgehead atoms. The van der Waals surface area contributed by atoms with Gasteiger partial charge in [0, 0.05) is 37.6 Å². The Hall–Kier alpha value is -3.74. The number of benzene rings is 2. The van der Waals surface area contributed by atoms with Crippen molar-refractivity contribution in [1.29, 1.82) is 0 Å². The number of hydrogen-bond acceptors (Lipinski definition) is 5. The van der Waals surface area contributed by atoms with Gasteiger partial charge in [-0.2, -0.15) is 0 Å². The highest BCUT2D eigenvalue weighted by molar-refractivity contribution is 5.94. The molecule has 2 aliphatic rings. The van der Waals surface area contributed by atoms with Crippen molar-refractivity contribution in [3.8, 4) is 5.75 Å². The molecule has 3 heterocycles. The Morgan fingerprint density at radius 2 is 1.59 bits per heavy atom. The molecule has 7 heteroatoms. The Labute approximate surface area is 218 Å². The maximum Gasteiger partial charge on any atom is 0.274 e. The van der Waals surface area contributed by atoms with Gasteiger partial charge >= 0.3 is 0 Å². The summed E-state index contributed by atoms with van der Waals surface area (Å²) < 4.78 is 6.17. The summed E-state index contributed by atoms with van der Waals surface area (Å²) >= 11 is 0. The molecule has 1 spiro atoms. The van der Waals surface area contributed by atoms with Crippen LogP contribution in [0.25, 0.3) is 0 Å². The molecule has 2 amide bonds. The number of aryl methyl sites for hydroxylation is 1. The van der Waals surface area contributed by atoms with Gasteiger partial charge in [-0.3, -0.25) is 14.6 Å². The Morgan fingerprint density at radius 3 is 2.38 bits per heavy atom. The molecule has 0 N–H and O–H groups in total. The van der Waals surface area contributed by atoms with Crippen molar-refractivity contribution < 1.29 is 14.3 Å². The fourth-order valence-corrected chi connectivity index (χ4v) is 5.60. The van der Waals surface area contributed by atoms with Crippen LogP contribution in [0, 0.1) is 5.41 Å². The maximum atomic E-state index is 13.5. The van der Waals surface area contributed by atoms with Gasteiger partial charge in [-0.1, -0.05) is 42.8 Å². The third-order valence-corrected chi connectivity index (χ3v) is 7.72. The molecule has 37 heavy (non-hydrogen) atoms. The smallest absolute Gasteiger partial charge is 0.274 e. The zero-order chi connectivity index (χ0) is 25.5. The lowest BCUT2D eigenvalue weighted by molar-refractivity contribution is 0.0325. The molecule has 1 aromatic heterocycles. The van der Waals surface area contributed by atoms with Crippen LogP contribution in [0.15, 0.2) is 73.2 Å². The molecular weight excluding hydrogens is 464 g/mol. The highest BCUT2D eigenvalue weighted by Gasteiger charge is 2.38. The molecular formula is C30H34N4O3. The topological polar surface area (TPSA) is 75.6 Å². The number of piperidine rings is 1. The lowest BCUT2D eigenvalue weighted by Gasteiger charge is -2.45. The number of likely N-dealkylation sites (tertiary alicyclic amines) is 1. The minimum atomic E-state index is -0.121. The average molecular weight is 499 g/mol. The third kappa shape index (κ3) is 5.98. The molecule has 7 nitrogen and oxygen atoms in total. The van der Waals surface area contributed by atoms with Crippen molar-refractivity contribution in [1.82, 2.24) is 19.8 Å². The lowest BCUT2D eigenvalue weighted by atomic mass is 9.73. The summed E-state index contributed by atoms with van der Waals surface area (Å²) in [5, 5.41) is 0. The molecule has 0 unspecified atom stereocenters.